The number of aryl methyl sites for hydroxylation is 1. The number of nitrogens with zero attached hydrogens (tertiary/aromatic N) is 2. The van der Waals surface area contributed by atoms with Crippen LogP contribution in [0.1, 0.15) is 27.8 Å². The van der Waals surface area contributed by atoms with Crippen LogP contribution in [0.4, 0.5) is 5.69 Å². The Hall–Kier alpha value is -2.83. The standard InChI is InChI=1S/C14H15N3O4/c1-3-21-11-7-5-4-6-10(11)15-13(18)12-9(14(19)20)8-17(2)16-12/h4-8H,3H2,1-2H3,(H,15,18)(H,19,20). The van der Waals surface area contributed by atoms with Crippen molar-refractivity contribution < 1.29 is 19.4 Å². The second kappa shape index (κ2) is 6.08. The van der Waals surface area contributed by atoms with E-state index in [1.54, 1.807) is 31.3 Å². The molecule has 1 amide bonds. The van der Waals surface area contributed by atoms with Gasteiger partial charge < -0.3 is 15.2 Å². The van der Waals surface area contributed by atoms with E-state index in [4.69, 9.17) is 9.84 Å². The summed E-state index contributed by atoms with van der Waals surface area (Å²) < 4.78 is 6.68. The molecular formula is C14H15N3O4. The van der Waals surface area contributed by atoms with E-state index in [1.165, 1.54) is 10.9 Å². The van der Waals surface area contributed by atoms with Crippen LogP contribution in [0.3, 0.4) is 0 Å². The van der Waals surface area contributed by atoms with E-state index >= 15 is 0 Å². The molecule has 7 nitrogen and oxygen atoms in total. The van der Waals surface area contributed by atoms with Gasteiger partial charge in [-0.1, -0.05) is 12.1 Å². The zero-order valence-electron chi connectivity index (χ0n) is 11.7. The van der Waals surface area contributed by atoms with Crippen molar-refractivity contribution in [2.24, 2.45) is 7.05 Å². The Morgan fingerprint density at radius 1 is 1.38 bits per heavy atom. The highest BCUT2D eigenvalue weighted by molar-refractivity contribution is 6.09. The molecular weight excluding hydrogens is 274 g/mol. The van der Waals surface area contributed by atoms with Gasteiger partial charge in [0.25, 0.3) is 5.91 Å². The summed E-state index contributed by atoms with van der Waals surface area (Å²) in [4.78, 5) is 23.3. The van der Waals surface area contributed by atoms with Crippen LogP contribution in [0.15, 0.2) is 30.5 Å². The maximum absolute atomic E-state index is 12.2. The highest BCUT2D eigenvalue weighted by atomic mass is 16.5. The van der Waals surface area contributed by atoms with Gasteiger partial charge in [0.15, 0.2) is 5.69 Å². The number of benzene rings is 1. The van der Waals surface area contributed by atoms with E-state index < -0.39 is 11.9 Å². The van der Waals surface area contributed by atoms with Crippen molar-refractivity contribution in [2.45, 2.75) is 6.92 Å². The van der Waals surface area contributed by atoms with Crippen molar-refractivity contribution in [3.8, 4) is 5.75 Å². The molecule has 0 aliphatic heterocycles. The zero-order valence-corrected chi connectivity index (χ0v) is 11.7. The molecule has 0 aliphatic carbocycles. The first kappa shape index (κ1) is 14.6. The fourth-order valence-corrected chi connectivity index (χ4v) is 1.85. The third kappa shape index (κ3) is 3.19. The second-order valence-corrected chi connectivity index (χ2v) is 4.25. The van der Waals surface area contributed by atoms with Gasteiger partial charge in [0.05, 0.1) is 12.3 Å². The third-order valence-corrected chi connectivity index (χ3v) is 2.71. The van der Waals surface area contributed by atoms with Crippen LogP contribution in [-0.4, -0.2) is 33.4 Å². The van der Waals surface area contributed by atoms with Gasteiger partial charge in [0, 0.05) is 13.2 Å². The maximum Gasteiger partial charge on any atom is 0.339 e. The molecule has 0 unspecified atom stereocenters. The second-order valence-electron chi connectivity index (χ2n) is 4.25. The van der Waals surface area contributed by atoms with Crippen molar-refractivity contribution in [3.05, 3.63) is 41.7 Å². The summed E-state index contributed by atoms with van der Waals surface area (Å²) in [6.07, 6.45) is 1.28. The normalized spacial score (nSPS) is 10.2. The minimum atomic E-state index is -1.20. The van der Waals surface area contributed by atoms with Crippen molar-refractivity contribution in [2.75, 3.05) is 11.9 Å². The molecule has 0 radical (unpaired) electrons. The fraction of sp³-hybridized carbons (Fsp3) is 0.214. The lowest BCUT2D eigenvalue weighted by atomic mass is 10.2. The minimum Gasteiger partial charge on any atom is -0.492 e. The number of para-hydroxylation sites is 2. The number of amides is 1. The molecule has 110 valence electrons. The highest BCUT2D eigenvalue weighted by Gasteiger charge is 2.21. The molecule has 0 aliphatic rings. The van der Waals surface area contributed by atoms with Gasteiger partial charge in [-0.25, -0.2) is 4.79 Å². The van der Waals surface area contributed by atoms with Gasteiger partial charge in [-0.15, -0.1) is 0 Å². The van der Waals surface area contributed by atoms with E-state index in [9.17, 15) is 9.59 Å². The summed E-state index contributed by atoms with van der Waals surface area (Å²) in [5, 5.41) is 15.6. The van der Waals surface area contributed by atoms with E-state index in [1.807, 2.05) is 6.92 Å². The monoisotopic (exact) mass is 289 g/mol. The highest BCUT2D eigenvalue weighted by Crippen LogP contribution is 2.24. The summed E-state index contributed by atoms with van der Waals surface area (Å²) >= 11 is 0. The first-order chi connectivity index (χ1) is 10.0. The molecule has 1 aromatic carbocycles. The number of aromatic carboxylic acids is 1. The van der Waals surface area contributed by atoms with Crippen molar-refractivity contribution in [1.29, 1.82) is 0 Å². The first-order valence-electron chi connectivity index (χ1n) is 6.33. The Labute approximate surface area is 121 Å². The van der Waals surface area contributed by atoms with Crippen LogP contribution in [0.2, 0.25) is 0 Å². The van der Waals surface area contributed by atoms with Gasteiger partial charge in [-0.3, -0.25) is 9.48 Å². The number of carbonyl (C=O) groups is 2. The van der Waals surface area contributed by atoms with Crippen LogP contribution in [-0.2, 0) is 7.05 Å². The van der Waals surface area contributed by atoms with Gasteiger partial charge >= 0.3 is 5.97 Å². The number of hydrogen-bond donors (Lipinski definition) is 2. The molecule has 21 heavy (non-hydrogen) atoms. The van der Waals surface area contributed by atoms with E-state index in [0.717, 1.165) is 0 Å². The predicted octanol–water partition coefficient (Wildman–Crippen LogP) is 1.77. The molecule has 2 aromatic rings. The SMILES string of the molecule is CCOc1ccccc1NC(=O)c1nn(C)cc1C(=O)O. The topological polar surface area (TPSA) is 93.5 Å². The van der Waals surface area contributed by atoms with E-state index in [0.29, 0.717) is 18.0 Å². The number of carboxylic acid groups (broad SMARTS) is 1. The largest absolute Gasteiger partial charge is 0.492 e. The molecule has 0 saturated heterocycles. The van der Waals surface area contributed by atoms with Crippen molar-refractivity contribution in [1.82, 2.24) is 9.78 Å². The summed E-state index contributed by atoms with van der Waals surface area (Å²) in [6, 6.07) is 6.92. The predicted molar refractivity (Wildman–Crippen MR) is 75.7 cm³/mol. The average Bonchev–Trinajstić information content (AvgIpc) is 2.84. The Balaban J connectivity index is 2.28. The van der Waals surface area contributed by atoms with Crippen LogP contribution < -0.4 is 10.1 Å². The number of rotatable bonds is 5. The Morgan fingerprint density at radius 3 is 2.76 bits per heavy atom. The van der Waals surface area contributed by atoms with Gasteiger partial charge in [-0.05, 0) is 19.1 Å². The molecule has 0 atom stereocenters. The van der Waals surface area contributed by atoms with Crippen molar-refractivity contribution in [3.63, 3.8) is 0 Å². The van der Waals surface area contributed by atoms with E-state index in [-0.39, 0.29) is 11.3 Å². The zero-order chi connectivity index (χ0) is 15.4. The molecule has 2 N–H and O–H groups in total. The summed E-state index contributed by atoms with van der Waals surface area (Å²) in [5.41, 5.74) is 0.173. The van der Waals surface area contributed by atoms with Gasteiger partial charge in [0.1, 0.15) is 11.3 Å². The smallest absolute Gasteiger partial charge is 0.339 e. The summed E-state index contributed by atoms with van der Waals surface area (Å²) in [6.45, 7) is 2.29. The maximum atomic E-state index is 12.2. The fourth-order valence-electron chi connectivity index (χ4n) is 1.85. The lowest BCUT2D eigenvalue weighted by molar-refractivity contribution is 0.0692. The first-order valence-corrected chi connectivity index (χ1v) is 6.33. The molecule has 0 fully saturated rings. The number of hydrogen-bond acceptors (Lipinski definition) is 4. The summed E-state index contributed by atoms with van der Waals surface area (Å²) in [7, 11) is 1.55. The van der Waals surface area contributed by atoms with Crippen LogP contribution >= 0.6 is 0 Å². The average molecular weight is 289 g/mol. The lowest BCUT2D eigenvalue weighted by Crippen LogP contribution is -2.17. The molecule has 0 bridgehead atoms. The summed E-state index contributed by atoms with van der Waals surface area (Å²) in [5.74, 6) is -1.28. The van der Waals surface area contributed by atoms with Gasteiger partial charge in [0.2, 0.25) is 0 Å². The molecule has 0 spiro atoms. The Bertz CT molecular complexity index is 679. The minimum absolute atomic E-state index is 0.142. The van der Waals surface area contributed by atoms with E-state index in [2.05, 4.69) is 10.4 Å². The Morgan fingerprint density at radius 2 is 2.10 bits per heavy atom. The third-order valence-electron chi connectivity index (χ3n) is 2.71. The molecule has 1 aromatic heterocycles. The number of anilines is 1. The number of nitrogens with one attached hydrogen (secondary N) is 1. The van der Waals surface area contributed by atoms with Crippen LogP contribution in [0.5, 0.6) is 5.75 Å². The number of carboxylic acids is 1. The van der Waals surface area contributed by atoms with Crippen LogP contribution in [0, 0.1) is 0 Å². The molecule has 0 saturated carbocycles. The number of ether oxygens (including phenoxy) is 1. The van der Waals surface area contributed by atoms with Crippen LogP contribution in [0.25, 0.3) is 0 Å². The Kier molecular flexibility index (Phi) is 4.22. The lowest BCUT2D eigenvalue weighted by Gasteiger charge is -2.10. The number of carbonyl (C=O) groups excluding carboxylic acids is 1. The molecule has 1 heterocycles. The number of aromatic nitrogens is 2. The van der Waals surface area contributed by atoms with Crippen molar-refractivity contribution >= 4 is 17.6 Å². The molecule has 7 heteroatoms. The van der Waals surface area contributed by atoms with Gasteiger partial charge in [-0.2, -0.15) is 5.10 Å². The quantitative estimate of drug-likeness (QED) is 0.875. The molecule has 2 rings (SSSR count).